The summed E-state index contributed by atoms with van der Waals surface area (Å²) in [6.45, 7) is 0. The van der Waals surface area contributed by atoms with E-state index in [9.17, 15) is 4.79 Å². The summed E-state index contributed by atoms with van der Waals surface area (Å²) in [6, 6.07) is 7.51. The van der Waals surface area contributed by atoms with E-state index in [1.165, 1.54) is 12.8 Å². The van der Waals surface area contributed by atoms with E-state index >= 15 is 0 Å². The standard InChI is InChI=1S/C20H21NO3/c1-23-18-5-4-15(17(22)12-14-6-10-21-11-7-14)16-13-20(24-19(16)18)8-2-3-9-20/h4-7,10-11H,2-3,8-9,12-13H2,1H3. The van der Waals surface area contributed by atoms with Crippen LogP contribution < -0.4 is 9.47 Å². The first kappa shape index (κ1) is 15.2. The number of carbonyl (C=O) groups excluding carboxylic acids is 1. The summed E-state index contributed by atoms with van der Waals surface area (Å²) in [6.07, 6.45) is 9.14. The Morgan fingerprint density at radius 3 is 2.67 bits per heavy atom. The van der Waals surface area contributed by atoms with Crippen molar-refractivity contribution in [3.05, 3.63) is 53.3 Å². The number of hydrogen-bond donors (Lipinski definition) is 0. The molecule has 0 atom stereocenters. The molecule has 0 unspecified atom stereocenters. The number of ketones is 1. The summed E-state index contributed by atoms with van der Waals surface area (Å²) in [5.74, 6) is 1.63. The predicted molar refractivity (Wildman–Crippen MR) is 90.8 cm³/mol. The minimum Gasteiger partial charge on any atom is -0.493 e. The molecular weight excluding hydrogens is 302 g/mol. The number of fused-ring (bicyclic) bond motifs is 1. The third kappa shape index (κ3) is 2.56. The Morgan fingerprint density at radius 2 is 1.96 bits per heavy atom. The molecule has 1 aromatic carbocycles. The quantitative estimate of drug-likeness (QED) is 0.804. The molecule has 4 rings (SSSR count). The molecule has 4 heteroatoms. The van der Waals surface area contributed by atoms with Gasteiger partial charge in [-0.1, -0.05) is 0 Å². The maximum Gasteiger partial charge on any atom is 0.167 e. The van der Waals surface area contributed by atoms with Gasteiger partial charge in [-0.25, -0.2) is 0 Å². The highest BCUT2D eigenvalue weighted by Gasteiger charge is 2.44. The van der Waals surface area contributed by atoms with E-state index in [2.05, 4.69) is 4.98 Å². The fourth-order valence-electron chi connectivity index (χ4n) is 3.97. The molecule has 2 heterocycles. The Bertz CT molecular complexity index is 764. The third-order valence-corrected chi connectivity index (χ3v) is 5.19. The van der Waals surface area contributed by atoms with Crippen LogP contribution in [0.4, 0.5) is 0 Å². The van der Waals surface area contributed by atoms with Crippen molar-refractivity contribution >= 4 is 5.78 Å². The van der Waals surface area contributed by atoms with Crippen LogP contribution in [-0.2, 0) is 12.8 Å². The molecule has 4 nitrogen and oxygen atoms in total. The van der Waals surface area contributed by atoms with E-state index < -0.39 is 0 Å². The Hall–Kier alpha value is -2.36. The second kappa shape index (κ2) is 5.93. The average molecular weight is 323 g/mol. The molecule has 0 saturated heterocycles. The highest BCUT2D eigenvalue weighted by atomic mass is 16.5. The molecule has 0 amide bonds. The fourth-order valence-corrected chi connectivity index (χ4v) is 3.97. The van der Waals surface area contributed by atoms with Crippen molar-refractivity contribution in [1.82, 2.24) is 4.98 Å². The summed E-state index contributed by atoms with van der Waals surface area (Å²) in [4.78, 5) is 16.9. The van der Waals surface area contributed by atoms with Crippen molar-refractivity contribution in [3.8, 4) is 11.5 Å². The lowest BCUT2D eigenvalue weighted by Crippen LogP contribution is -2.30. The lowest BCUT2D eigenvalue weighted by molar-refractivity contribution is 0.0989. The van der Waals surface area contributed by atoms with Gasteiger partial charge in [-0.15, -0.1) is 0 Å². The Labute approximate surface area is 141 Å². The zero-order valence-corrected chi connectivity index (χ0v) is 13.9. The highest BCUT2D eigenvalue weighted by Crippen LogP contribution is 2.49. The van der Waals surface area contributed by atoms with Crippen LogP contribution in [0.2, 0.25) is 0 Å². The molecule has 124 valence electrons. The third-order valence-electron chi connectivity index (χ3n) is 5.19. The number of pyridine rings is 1. The number of aromatic nitrogens is 1. The average Bonchev–Trinajstić information content (AvgIpc) is 3.21. The lowest BCUT2D eigenvalue weighted by atomic mass is 9.90. The summed E-state index contributed by atoms with van der Waals surface area (Å²) in [7, 11) is 1.65. The monoisotopic (exact) mass is 323 g/mol. The van der Waals surface area contributed by atoms with Crippen molar-refractivity contribution < 1.29 is 14.3 Å². The molecule has 2 aromatic rings. The molecule has 1 saturated carbocycles. The SMILES string of the molecule is COc1ccc(C(=O)Cc2ccncc2)c2c1OC1(CCCC1)C2. The normalized spacial score (nSPS) is 17.5. The molecule has 0 N–H and O–H groups in total. The van der Waals surface area contributed by atoms with Crippen LogP contribution in [0.15, 0.2) is 36.7 Å². The predicted octanol–water partition coefficient (Wildman–Crippen LogP) is 3.76. The minimum absolute atomic E-state index is 0.122. The van der Waals surface area contributed by atoms with Crippen molar-refractivity contribution in [1.29, 1.82) is 0 Å². The largest absolute Gasteiger partial charge is 0.493 e. The van der Waals surface area contributed by atoms with Gasteiger partial charge in [0, 0.05) is 36.4 Å². The number of hydrogen-bond acceptors (Lipinski definition) is 4. The Kier molecular flexibility index (Phi) is 3.75. The van der Waals surface area contributed by atoms with Crippen LogP contribution >= 0.6 is 0 Å². The van der Waals surface area contributed by atoms with E-state index in [1.54, 1.807) is 19.5 Å². The molecule has 1 aliphatic carbocycles. The number of Topliss-reactive ketones (excluding diaryl/α,β-unsaturated/α-hetero) is 1. The van der Waals surface area contributed by atoms with Gasteiger partial charge < -0.3 is 9.47 Å². The number of carbonyl (C=O) groups is 1. The fraction of sp³-hybridized carbons (Fsp3) is 0.400. The van der Waals surface area contributed by atoms with E-state index in [1.807, 2.05) is 24.3 Å². The van der Waals surface area contributed by atoms with E-state index in [0.717, 1.165) is 47.5 Å². The lowest BCUT2D eigenvalue weighted by Gasteiger charge is -2.22. The number of benzene rings is 1. The van der Waals surface area contributed by atoms with Crippen LogP contribution in [-0.4, -0.2) is 23.5 Å². The summed E-state index contributed by atoms with van der Waals surface area (Å²) in [5, 5.41) is 0. The zero-order valence-electron chi connectivity index (χ0n) is 13.9. The van der Waals surface area contributed by atoms with Gasteiger partial charge in [0.2, 0.25) is 0 Å². The van der Waals surface area contributed by atoms with Crippen molar-refractivity contribution in [2.24, 2.45) is 0 Å². The first-order valence-corrected chi connectivity index (χ1v) is 8.52. The molecule has 2 aliphatic rings. The summed E-state index contributed by atoms with van der Waals surface area (Å²) in [5.41, 5.74) is 2.65. The van der Waals surface area contributed by atoms with E-state index in [0.29, 0.717) is 6.42 Å². The van der Waals surface area contributed by atoms with Crippen LogP contribution in [0.5, 0.6) is 11.5 Å². The molecule has 1 fully saturated rings. The van der Waals surface area contributed by atoms with Gasteiger partial charge >= 0.3 is 0 Å². The van der Waals surface area contributed by atoms with Crippen LogP contribution in [0.3, 0.4) is 0 Å². The maximum atomic E-state index is 12.9. The number of nitrogens with zero attached hydrogens (tertiary/aromatic N) is 1. The molecule has 1 aliphatic heterocycles. The van der Waals surface area contributed by atoms with Crippen LogP contribution in [0, 0.1) is 0 Å². The van der Waals surface area contributed by atoms with Crippen molar-refractivity contribution in [2.45, 2.75) is 44.1 Å². The van der Waals surface area contributed by atoms with E-state index in [4.69, 9.17) is 9.47 Å². The van der Waals surface area contributed by atoms with Gasteiger partial charge in [-0.2, -0.15) is 0 Å². The molecule has 0 bridgehead atoms. The second-order valence-corrected chi connectivity index (χ2v) is 6.75. The first-order chi connectivity index (χ1) is 11.7. The van der Waals surface area contributed by atoms with E-state index in [-0.39, 0.29) is 11.4 Å². The van der Waals surface area contributed by atoms with Crippen LogP contribution in [0.1, 0.15) is 47.2 Å². The van der Waals surface area contributed by atoms with Crippen LogP contribution in [0.25, 0.3) is 0 Å². The Balaban J connectivity index is 1.68. The summed E-state index contributed by atoms with van der Waals surface area (Å²) < 4.78 is 11.8. The maximum absolute atomic E-state index is 12.9. The zero-order chi connectivity index (χ0) is 16.6. The van der Waals surface area contributed by atoms with Gasteiger partial charge in [-0.05, 0) is 55.5 Å². The number of rotatable bonds is 4. The molecule has 1 spiro atoms. The molecule has 24 heavy (non-hydrogen) atoms. The van der Waals surface area contributed by atoms with Gasteiger partial charge in [0.25, 0.3) is 0 Å². The van der Waals surface area contributed by atoms with Gasteiger partial charge in [-0.3, -0.25) is 9.78 Å². The van der Waals surface area contributed by atoms with Crippen molar-refractivity contribution in [2.75, 3.05) is 7.11 Å². The van der Waals surface area contributed by atoms with Gasteiger partial charge in [0.15, 0.2) is 17.3 Å². The topological polar surface area (TPSA) is 48.4 Å². The van der Waals surface area contributed by atoms with Gasteiger partial charge in [0.1, 0.15) is 5.60 Å². The smallest absolute Gasteiger partial charge is 0.167 e. The molecule has 1 aromatic heterocycles. The highest BCUT2D eigenvalue weighted by molar-refractivity contribution is 6.00. The van der Waals surface area contributed by atoms with Gasteiger partial charge in [0.05, 0.1) is 7.11 Å². The summed E-state index contributed by atoms with van der Waals surface area (Å²) >= 11 is 0. The molecule has 0 radical (unpaired) electrons. The number of methoxy groups -OCH3 is 1. The molecular formula is C20H21NO3. The van der Waals surface area contributed by atoms with Crippen molar-refractivity contribution in [3.63, 3.8) is 0 Å². The first-order valence-electron chi connectivity index (χ1n) is 8.52. The second-order valence-electron chi connectivity index (χ2n) is 6.75. The number of ether oxygens (including phenoxy) is 2. The Morgan fingerprint density at radius 1 is 1.21 bits per heavy atom. The minimum atomic E-state index is -0.122.